The molecular formula is C24H29ClN6O3S. The Morgan fingerprint density at radius 2 is 1.97 bits per heavy atom. The van der Waals surface area contributed by atoms with Crippen LogP contribution >= 0.6 is 22.9 Å². The third-order valence-corrected chi connectivity index (χ3v) is 8.30. The standard InChI is InChI=1S/C24H29ClN6O3S/c1-13(32)31-8-6-17(27-22(33)19-10-14-9-15(25)3-4-16(14)26-19)20(11-31)28-23(34)24-29-18-5-7-30(2)12-21(18)35-24/h3-4,9-10,14,16-17,20,26H,5-8,11-12H2,1-2H3,(H,27,33)(H,28,34)/t14?,16?,17-,20+/m0/s1. The summed E-state index contributed by atoms with van der Waals surface area (Å²) in [6.07, 6.45) is 8.93. The Morgan fingerprint density at radius 1 is 1.17 bits per heavy atom. The second-order valence-electron chi connectivity index (χ2n) is 9.53. The molecule has 0 radical (unpaired) electrons. The number of carbonyl (C=O) groups excluding carboxylic acids is 3. The van der Waals surface area contributed by atoms with E-state index in [0.29, 0.717) is 35.2 Å². The summed E-state index contributed by atoms with van der Waals surface area (Å²) in [5.74, 6) is -0.527. The van der Waals surface area contributed by atoms with Crippen LogP contribution in [-0.2, 0) is 22.6 Å². The molecule has 3 N–H and O–H groups in total. The average molecular weight is 517 g/mol. The van der Waals surface area contributed by atoms with Gasteiger partial charge in [-0.2, -0.15) is 0 Å². The first-order chi connectivity index (χ1) is 16.8. The van der Waals surface area contributed by atoms with Crippen LogP contribution in [0.4, 0.5) is 0 Å². The first-order valence-electron chi connectivity index (χ1n) is 11.8. The number of amides is 3. The first-order valence-corrected chi connectivity index (χ1v) is 13.0. The molecule has 9 nitrogen and oxygen atoms in total. The van der Waals surface area contributed by atoms with Gasteiger partial charge in [-0.1, -0.05) is 23.8 Å². The molecule has 3 aliphatic heterocycles. The second kappa shape index (κ2) is 9.75. The average Bonchev–Trinajstić information content (AvgIpc) is 3.43. The molecule has 0 saturated carbocycles. The number of aromatic nitrogens is 1. The zero-order valence-electron chi connectivity index (χ0n) is 19.7. The van der Waals surface area contributed by atoms with E-state index in [-0.39, 0.29) is 35.7 Å². The van der Waals surface area contributed by atoms with Gasteiger partial charge in [0.1, 0.15) is 0 Å². The van der Waals surface area contributed by atoms with E-state index in [1.165, 1.54) is 18.3 Å². The van der Waals surface area contributed by atoms with E-state index < -0.39 is 6.04 Å². The van der Waals surface area contributed by atoms with Crippen molar-refractivity contribution >= 4 is 40.7 Å². The van der Waals surface area contributed by atoms with E-state index in [1.54, 1.807) is 4.90 Å². The van der Waals surface area contributed by atoms with Crippen LogP contribution < -0.4 is 16.0 Å². The number of carbonyl (C=O) groups is 3. The number of nitrogens with zero attached hydrogens (tertiary/aromatic N) is 3. The fourth-order valence-electron chi connectivity index (χ4n) is 4.98. The zero-order chi connectivity index (χ0) is 24.7. The SMILES string of the molecule is CC(=O)N1CC[C@H](NC(=O)C2=CC3C=C(Cl)C=CC3N2)[C@H](NC(=O)c2nc3c(s2)CN(C)CC3)C1. The summed E-state index contributed by atoms with van der Waals surface area (Å²) in [6.45, 7) is 4.08. The monoisotopic (exact) mass is 516 g/mol. The number of likely N-dealkylation sites (N-methyl/N-ethyl adjacent to an activating group) is 1. The molecule has 3 amide bonds. The van der Waals surface area contributed by atoms with Crippen molar-refractivity contribution in [1.82, 2.24) is 30.7 Å². The number of rotatable bonds is 4. The Bertz CT molecular complexity index is 1140. The fourth-order valence-corrected chi connectivity index (χ4v) is 6.29. The number of likely N-dealkylation sites (tertiary alicyclic amines) is 1. The molecule has 1 fully saturated rings. The third kappa shape index (κ3) is 5.14. The number of hydrogen-bond donors (Lipinski definition) is 3. The van der Waals surface area contributed by atoms with Crippen molar-refractivity contribution in [2.45, 2.75) is 44.4 Å². The maximum atomic E-state index is 13.1. The molecule has 1 aliphatic carbocycles. The van der Waals surface area contributed by atoms with Gasteiger partial charge in [0.15, 0.2) is 5.01 Å². The van der Waals surface area contributed by atoms with E-state index in [9.17, 15) is 14.4 Å². The van der Waals surface area contributed by atoms with E-state index in [2.05, 4.69) is 32.9 Å². The molecule has 1 aromatic rings. The number of piperidine rings is 1. The molecule has 35 heavy (non-hydrogen) atoms. The normalized spacial score (nSPS) is 27.8. The minimum absolute atomic E-state index is 0.00305. The molecule has 0 aromatic carbocycles. The number of hydrogen-bond acceptors (Lipinski definition) is 7. The number of fused-ring (bicyclic) bond motifs is 2. The summed E-state index contributed by atoms with van der Waals surface area (Å²) in [4.78, 5) is 47.9. The molecule has 4 atom stereocenters. The summed E-state index contributed by atoms with van der Waals surface area (Å²) in [5, 5.41) is 10.4. The summed E-state index contributed by atoms with van der Waals surface area (Å²) in [6, 6.07) is -0.739. The summed E-state index contributed by atoms with van der Waals surface area (Å²) < 4.78 is 0. The molecule has 186 valence electrons. The van der Waals surface area contributed by atoms with Crippen LogP contribution in [-0.4, -0.2) is 77.3 Å². The van der Waals surface area contributed by atoms with Crippen molar-refractivity contribution in [3.63, 3.8) is 0 Å². The summed E-state index contributed by atoms with van der Waals surface area (Å²) in [5.41, 5.74) is 1.48. The molecule has 2 unspecified atom stereocenters. The van der Waals surface area contributed by atoms with Crippen molar-refractivity contribution in [3.8, 4) is 0 Å². The van der Waals surface area contributed by atoms with E-state index in [0.717, 1.165) is 30.1 Å². The Hall–Kier alpha value is -2.69. The van der Waals surface area contributed by atoms with E-state index in [4.69, 9.17) is 11.6 Å². The third-order valence-electron chi connectivity index (χ3n) is 6.96. The Balaban J connectivity index is 1.28. The predicted molar refractivity (Wildman–Crippen MR) is 134 cm³/mol. The van der Waals surface area contributed by atoms with Gasteiger partial charge in [0, 0.05) is 55.4 Å². The van der Waals surface area contributed by atoms with Crippen LogP contribution in [0.1, 0.15) is 33.7 Å². The molecule has 1 aromatic heterocycles. The van der Waals surface area contributed by atoms with Crippen LogP contribution in [0.2, 0.25) is 0 Å². The van der Waals surface area contributed by atoms with Crippen LogP contribution in [0.15, 0.2) is 35.0 Å². The fraction of sp³-hybridized carbons (Fsp3) is 0.500. The largest absolute Gasteiger partial charge is 0.374 e. The van der Waals surface area contributed by atoms with Gasteiger partial charge in [-0.15, -0.1) is 11.3 Å². The van der Waals surface area contributed by atoms with Gasteiger partial charge >= 0.3 is 0 Å². The number of nitrogens with one attached hydrogen (secondary N) is 3. The van der Waals surface area contributed by atoms with Crippen molar-refractivity contribution in [3.05, 3.63) is 50.6 Å². The lowest BCUT2D eigenvalue weighted by molar-refractivity contribution is -0.130. The second-order valence-corrected chi connectivity index (χ2v) is 11.0. The van der Waals surface area contributed by atoms with Crippen LogP contribution in [0, 0.1) is 5.92 Å². The Kier molecular flexibility index (Phi) is 6.69. The van der Waals surface area contributed by atoms with Gasteiger partial charge in [0.05, 0.1) is 29.5 Å². The highest BCUT2D eigenvalue weighted by Gasteiger charge is 2.36. The highest BCUT2D eigenvalue weighted by Crippen LogP contribution is 2.27. The van der Waals surface area contributed by atoms with Crippen molar-refractivity contribution in [2.75, 3.05) is 26.7 Å². The van der Waals surface area contributed by atoms with Crippen molar-refractivity contribution in [1.29, 1.82) is 0 Å². The smallest absolute Gasteiger partial charge is 0.280 e. The van der Waals surface area contributed by atoms with Gasteiger partial charge in [-0.3, -0.25) is 14.4 Å². The molecule has 1 saturated heterocycles. The van der Waals surface area contributed by atoms with Crippen molar-refractivity contribution < 1.29 is 14.4 Å². The maximum Gasteiger partial charge on any atom is 0.280 e. The lowest BCUT2D eigenvalue weighted by Gasteiger charge is -2.38. The number of thiazole rings is 1. The number of allylic oxidation sites excluding steroid dienone is 2. The minimum atomic E-state index is -0.425. The molecule has 11 heteroatoms. The predicted octanol–water partition coefficient (Wildman–Crippen LogP) is 1.13. The Morgan fingerprint density at radius 3 is 2.77 bits per heavy atom. The molecule has 4 heterocycles. The van der Waals surface area contributed by atoms with Crippen molar-refractivity contribution in [2.24, 2.45) is 5.92 Å². The highest BCUT2D eigenvalue weighted by molar-refractivity contribution is 7.13. The van der Waals surface area contributed by atoms with Crippen LogP contribution in [0.3, 0.4) is 0 Å². The maximum absolute atomic E-state index is 13.1. The van der Waals surface area contributed by atoms with Crippen LogP contribution in [0.25, 0.3) is 0 Å². The van der Waals surface area contributed by atoms with Gasteiger partial charge < -0.3 is 25.8 Å². The minimum Gasteiger partial charge on any atom is -0.374 e. The molecule has 0 spiro atoms. The summed E-state index contributed by atoms with van der Waals surface area (Å²) >= 11 is 7.52. The van der Waals surface area contributed by atoms with Gasteiger partial charge in [0.25, 0.3) is 11.8 Å². The van der Waals surface area contributed by atoms with Crippen LogP contribution in [0.5, 0.6) is 0 Å². The topological polar surface area (TPSA) is 107 Å². The number of halogens is 1. The van der Waals surface area contributed by atoms with Gasteiger partial charge in [-0.05, 0) is 25.6 Å². The lowest BCUT2D eigenvalue weighted by Crippen LogP contribution is -2.61. The van der Waals surface area contributed by atoms with E-state index in [1.807, 2.05) is 24.3 Å². The molecule has 5 rings (SSSR count). The summed E-state index contributed by atoms with van der Waals surface area (Å²) in [7, 11) is 2.05. The Labute approximate surface area is 213 Å². The molecule has 0 bridgehead atoms. The van der Waals surface area contributed by atoms with E-state index >= 15 is 0 Å². The quantitative estimate of drug-likeness (QED) is 0.554. The van der Waals surface area contributed by atoms with Gasteiger partial charge in [-0.25, -0.2) is 4.98 Å². The zero-order valence-corrected chi connectivity index (χ0v) is 21.3. The highest BCUT2D eigenvalue weighted by atomic mass is 35.5. The van der Waals surface area contributed by atoms with Gasteiger partial charge in [0.2, 0.25) is 5.91 Å². The lowest BCUT2D eigenvalue weighted by atomic mass is 9.97. The first kappa shape index (κ1) is 24.0. The molecular weight excluding hydrogens is 488 g/mol. The molecule has 4 aliphatic rings.